The van der Waals surface area contributed by atoms with E-state index in [0.717, 1.165) is 43.0 Å². The molecule has 6 nitrogen and oxygen atoms in total. The Bertz CT molecular complexity index is 894. The summed E-state index contributed by atoms with van der Waals surface area (Å²) in [5.74, 6) is 0. The maximum Gasteiger partial charge on any atom is 0.142 e. The van der Waals surface area contributed by atoms with Gasteiger partial charge in [-0.25, -0.2) is 4.68 Å². The maximum atomic E-state index is 4.42. The monoisotopic (exact) mass is 378 g/mol. The molecular weight excluding hydrogens is 348 g/mol. The zero-order chi connectivity index (χ0) is 19.2. The molecule has 28 heavy (non-hydrogen) atoms. The van der Waals surface area contributed by atoms with E-state index >= 15 is 0 Å². The molecule has 148 valence electrons. The number of unbranched alkanes of at least 4 members (excludes halogenated alkanes) is 7. The highest BCUT2D eigenvalue weighted by atomic mass is 15.5. The number of aryl methyl sites for hydroxylation is 3. The Balaban J connectivity index is 1.36. The van der Waals surface area contributed by atoms with Crippen molar-refractivity contribution in [3.63, 3.8) is 0 Å². The van der Waals surface area contributed by atoms with Gasteiger partial charge in [0, 0.05) is 18.7 Å². The predicted molar refractivity (Wildman–Crippen MR) is 111 cm³/mol. The fourth-order valence-electron chi connectivity index (χ4n) is 4.03. The van der Waals surface area contributed by atoms with Crippen molar-refractivity contribution >= 4 is 0 Å². The van der Waals surface area contributed by atoms with E-state index in [2.05, 4.69) is 51.8 Å². The fourth-order valence-corrected chi connectivity index (χ4v) is 4.03. The second-order valence-corrected chi connectivity index (χ2v) is 7.76. The first-order valence-electron chi connectivity index (χ1n) is 10.8. The van der Waals surface area contributed by atoms with Crippen molar-refractivity contribution in [1.29, 1.82) is 0 Å². The van der Waals surface area contributed by atoms with Crippen LogP contribution in [-0.2, 0) is 19.5 Å². The molecule has 0 saturated heterocycles. The first-order valence-corrected chi connectivity index (χ1v) is 10.8. The number of rotatable bonds is 10. The molecule has 0 saturated carbocycles. The van der Waals surface area contributed by atoms with Crippen LogP contribution < -0.4 is 0 Å². The average molecular weight is 379 g/mol. The summed E-state index contributed by atoms with van der Waals surface area (Å²) in [5, 5.41) is 17.5. The summed E-state index contributed by atoms with van der Waals surface area (Å²) in [6.07, 6.45) is 13.6. The highest BCUT2D eigenvalue weighted by Crippen LogP contribution is 2.34. The van der Waals surface area contributed by atoms with Gasteiger partial charge in [-0.2, -0.15) is 0 Å². The van der Waals surface area contributed by atoms with Crippen LogP contribution in [0.4, 0.5) is 0 Å². The minimum Gasteiger partial charge on any atom is -0.252 e. The standard InChI is InChI=1S/C22H30N6/c1-2-3-4-5-6-7-8-11-15-27-17-20(23-25-27)21-22-19-13-10-9-12-18(19)14-16-28(22)26-24-21/h9-10,12-13,17H,2-8,11,14-16H2,1H3. The third-order valence-electron chi connectivity index (χ3n) is 5.62. The Morgan fingerprint density at radius 2 is 1.68 bits per heavy atom. The molecule has 2 aromatic heterocycles. The van der Waals surface area contributed by atoms with Crippen molar-refractivity contribution in [2.24, 2.45) is 0 Å². The Kier molecular flexibility index (Phi) is 6.14. The van der Waals surface area contributed by atoms with Gasteiger partial charge in [0.15, 0.2) is 0 Å². The minimum absolute atomic E-state index is 0.817. The van der Waals surface area contributed by atoms with Crippen LogP contribution in [0.3, 0.4) is 0 Å². The molecule has 0 bridgehead atoms. The normalized spacial score (nSPS) is 12.8. The second-order valence-electron chi connectivity index (χ2n) is 7.76. The number of benzene rings is 1. The highest BCUT2D eigenvalue weighted by Gasteiger charge is 2.24. The molecular formula is C22H30N6. The van der Waals surface area contributed by atoms with Crippen LogP contribution in [-0.4, -0.2) is 30.0 Å². The zero-order valence-corrected chi connectivity index (χ0v) is 16.8. The molecule has 0 atom stereocenters. The molecule has 0 spiro atoms. The maximum absolute atomic E-state index is 4.42. The lowest BCUT2D eigenvalue weighted by molar-refractivity contribution is 0.511. The Labute approximate surface area is 167 Å². The van der Waals surface area contributed by atoms with Gasteiger partial charge < -0.3 is 0 Å². The third kappa shape index (κ3) is 4.16. The van der Waals surface area contributed by atoms with Gasteiger partial charge in [-0.15, -0.1) is 10.2 Å². The third-order valence-corrected chi connectivity index (χ3v) is 5.62. The van der Waals surface area contributed by atoms with E-state index in [1.165, 1.54) is 56.1 Å². The van der Waals surface area contributed by atoms with Crippen molar-refractivity contribution in [3.05, 3.63) is 36.0 Å². The molecule has 1 aliphatic rings. The summed E-state index contributed by atoms with van der Waals surface area (Å²) in [5.41, 5.74) is 5.30. The molecule has 6 heteroatoms. The predicted octanol–water partition coefficient (Wildman–Crippen LogP) is 4.90. The van der Waals surface area contributed by atoms with Crippen molar-refractivity contribution in [3.8, 4) is 22.6 Å². The molecule has 0 unspecified atom stereocenters. The van der Waals surface area contributed by atoms with E-state index in [4.69, 9.17) is 0 Å². The average Bonchev–Trinajstić information content (AvgIpc) is 3.37. The topological polar surface area (TPSA) is 61.4 Å². The first-order chi connectivity index (χ1) is 13.9. The van der Waals surface area contributed by atoms with Crippen molar-refractivity contribution in [2.45, 2.75) is 77.8 Å². The molecule has 0 fully saturated rings. The van der Waals surface area contributed by atoms with E-state index in [-0.39, 0.29) is 0 Å². The molecule has 1 aliphatic heterocycles. The van der Waals surface area contributed by atoms with E-state index in [1.807, 2.05) is 15.6 Å². The number of hydrogen-bond donors (Lipinski definition) is 0. The molecule has 0 radical (unpaired) electrons. The van der Waals surface area contributed by atoms with E-state index < -0.39 is 0 Å². The van der Waals surface area contributed by atoms with E-state index in [1.54, 1.807) is 0 Å². The lowest BCUT2D eigenvalue weighted by Crippen LogP contribution is -2.12. The molecule has 3 heterocycles. The number of nitrogens with zero attached hydrogens (tertiary/aromatic N) is 6. The van der Waals surface area contributed by atoms with Gasteiger partial charge in [-0.3, -0.25) is 4.68 Å². The van der Waals surface area contributed by atoms with Gasteiger partial charge in [-0.1, -0.05) is 86.6 Å². The van der Waals surface area contributed by atoms with E-state index in [9.17, 15) is 0 Å². The zero-order valence-electron chi connectivity index (χ0n) is 16.8. The van der Waals surface area contributed by atoms with Crippen molar-refractivity contribution in [2.75, 3.05) is 0 Å². The van der Waals surface area contributed by atoms with Crippen LogP contribution in [0.5, 0.6) is 0 Å². The van der Waals surface area contributed by atoms with Crippen LogP contribution in [0.1, 0.15) is 63.9 Å². The Morgan fingerprint density at radius 3 is 2.54 bits per heavy atom. The largest absolute Gasteiger partial charge is 0.252 e. The molecule has 0 N–H and O–H groups in total. The fraction of sp³-hybridized carbons (Fsp3) is 0.545. The van der Waals surface area contributed by atoms with Crippen LogP contribution in [0.25, 0.3) is 22.6 Å². The second kappa shape index (κ2) is 9.13. The van der Waals surface area contributed by atoms with Gasteiger partial charge >= 0.3 is 0 Å². The Hall–Kier alpha value is -2.50. The molecule has 4 rings (SSSR count). The van der Waals surface area contributed by atoms with Gasteiger partial charge in [0.25, 0.3) is 0 Å². The van der Waals surface area contributed by atoms with Gasteiger partial charge in [0.1, 0.15) is 11.4 Å². The van der Waals surface area contributed by atoms with Crippen LogP contribution in [0.15, 0.2) is 30.5 Å². The van der Waals surface area contributed by atoms with Crippen LogP contribution in [0.2, 0.25) is 0 Å². The van der Waals surface area contributed by atoms with Crippen molar-refractivity contribution < 1.29 is 0 Å². The smallest absolute Gasteiger partial charge is 0.142 e. The molecule has 3 aromatic rings. The summed E-state index contributed by atoms with van der Waals surface area (Å²) in [6, 6.07) is 8.51. The Morgan fingerprint density at radius 1 is 0.893 bits per heavy atom. The van der Waals surface area contributed by atoms with Crippen LogP contribution in [0, 0.1) is 0 Å². The summed E-state index contributed by atoms with van der Waals surface area (Å²) in [6.45, 7) is 4.05. The quantitative estimate of drug-likeness (QED) is 0.471. The highest BCUT2D eigenvalue weighted by molar-refractivity contribution is 5.78. The first kappa shape index (κ1) is 18.8. The van der Waals surface area contributed by atoms with Gasteiger partial charge in [0.2, 0.25) is 0 Å². The van der Waals surface area contributed by atoms with E-state index in [0.29, 0.717) is 0 Å². The van der Waals surface area contributed by atoms with Crippen LogP contribution >= 0.6 is 0 Å². The summed E-state index contributed by atoms with van der Waals surface area (Å²) >= 11 is 0. The number of hydrogen-bond acceptors (Lipinski definition) is 4. The summed E-state index contributed by atoms with van der Waals surface area (Å²) < 4.78 is 3.95. The number of fused-ring (bicyclic) bond motifs is 3. The lowest BCUT2D eigenvalue weighted by Gasteiger charge is -2.17. The summed E-state index contributed by atoms with van der Waals surface area (Å²) in [4.78, 5) is 0. The lowest BCUT2D eigenvalue weighted by atomic mass is 9.97. The van der Waals surface area contributed by atoms with Crippen molar-refractivity contribution in [1.82, 2.24) is 30.0 Å². The van der Waals surface area contributed by atoms with Gasteiger partial charge in [0.05, 0.1) is 11.9 Å². The minimum atomic E-state index is 0.817. The SMILES string of the molecule is CCCCCCCCCCn1cc(-c2nnn3c2-c2ccccc2CC3)nn1. The summed E-state index contributed by atoms with van der Waals surface area (Å²) in [7, 11) is 0. The molecule has 0 aliphatic carbocycles. The number of aromatic nitrogens is 6. The molecule has 0 amide bonds. The van der Waals surface area contributed by atoms with Gasteiger partial charge in [-0.05, 0) is 18.4 Å². The molecule has 1 aromatic carbocycles.